The molecule has 0 heterocycles. The van der Waals surface area contributed by atoms with Gasteiger partial charge in [-0.1, -0.05) is 6.58 Å². The number of carbonyl (C=O) groups excluding carboxylic acids is 1. The van der Waals surface area contributed by atoms with Gasteiger partial charge in [0.25, 0.3) is 0 Å². The van der Waals surface area contributed by atoms with Gasteiger partial charge in [-0.15, -0.1) is 0 Å². The van der Waals surface area contributed by atoms with Crippen molar-refractivity contribution in [2.45, 2.75) is 12.8 Å². The van der Waals surface area contributed by atoms with Crippen LogP contribution in [0.2, 0.25) is 0 Å². The smallest absolute Gasteiger partial charge is 0.155 e. The zero-order valence-electron chi connectivity index (χ0n) is 4.68. The van der Waals surface area contributed by atoms with Gasteiger partial charge >= 0.3 is 0 Å². The van der Waals surface area contributed by atoms with Crippen LogP contribution in [0.25, 0.3) is 0 Å². The fourth-order valence-electron chi connectivity index (χ4n) is 0.316. The third kappa shape index (κ3) is 3.28. The molecule has 44 valence electrons. The Hall–Kier alpha value is -0.920. The van der Waals surface area contributed by atoms with Crippen LogP contribution in [0.4, 0.5) is 0 Å². The standard InChI is InChI=1S/C6H9NO/c1-2-6(8)4-3-5-7/h2,5,7H,1,3-4H2. The molecule has 0 atom stereocenters. The molecule has 0 fully saturated rings. The first-order chi connectivity index (χ1) is 3.81. The predicted molar refractivity (Wildman–Crippen MR) is 33.2 cm³/mol. The Bertz CT molecular complexity index is 107. The Kier molecular flexibility index (Phi) is 3.76. The summed E-state index contributed by atoms with van der Waals surface area (Å²) in [5, 5.41) is 6.56. The SMILES string of the molecule is C=CC(=O)CCC=N. The predicted octanol–water partition coefficient (Wildman–Crippen LogP) is 1.17. The average molecular weight is 111 g/mol. The lowest BCUT2D eigenvalue weighted by Crippen LogP contribution is -1.90. The van der Waals surface area contributed by atoms with Gasteiger partial charge in [0, 0.05) is 6.42 Å². The van der Waals surface area contributed by atoms with Crippen molar-refractivity contribution in [1.82, 2.24) is 0 Å². The molecule has 0 rings (SSSR count). The van der Waals surface area contributed by atoms with Crippen molar-refractivity contribution < 1.29 is 4.79 Å². The molecule has 0 aliphatic carbocycles. The fourth-order valence-corrected chi connectivity index (χ4v) is 0.316. The van der Waals surface area contributed by atoms with Gasteiger partial charge in [-0.25, -0.2) is 0 Å². The van der Waals surface area contributed by atoms with Gasteiger partial charge in [-0.3, -0.25) is 4.79 Å². The summed E-state index contributed by atoms with van der Waals surface area (Å²) < 4.78 is 0. The Morgan fingerprint density at radius 2 is 2.38 bits per heavy atom. The maximum Gasteiger partial charge on any atom is 0.155 e. The van der Waals surface area contributed by atoms with Crippen LogP contribution in [0, 0.1) is 5.41 Å². The largest absolute Gasteiger partial charge is 0.313 e. The van der Waals surface area contributed by atoms with Crippen molar-refractivity contribution in [2.24, 2.45) is 0 Å². The van der Waals surface area contributed by atoms with Gasteiger partial charge in [-0.05, 0) is 18.7 Å². The van der Waals surface area contributed by atoms with Crippen LogP contribution in [0.15, 0.2) is 12.7 Å². The van der Waals surface area contributed by atoms with E-state index < -0.39 is 0 Å². The van der Waals surface area contributed by atoms with Crippen LogP contribution in [-0.2, 0) is 4.79 Å². The maximum atomic E-state index is 10.3. The second-order valence-corrected chi connectivity index (χ2v) is 1.41. The summed E-state index contributed by atoms with van der Waals surface area (Å²) in [7, 11) is 0. The van der Waals surface area contributed by atoms with Crippen LogP contribution in [0.1, 0.15) is 12.8 Å². The molecule has 0 radical (unpaired) electrons. The van der Waals surface area contributed by atoms with Gasteiger partial charge in [0.2, 0.25) is 0 Å². The summed E-state index contributed by atoms with van der Waals surface area (Å²) >= 11 is 0. The molecule has 0 saturated heterocycles. The number of carbonyl (C=O) groups is 1. The van der Waals surface area contributed by atoms with Gasteiger partial charge in [0.15, 0.2) is 5.78 Å². The number of allylic oxidation sites excluding steroid dienone is 1. The zero-order chi connectivity index (χ0) is 6.41. The number of hydrogen-bond acceptors (Lipinski definition) is 2. The third-order valence-electron chi connectivity index (χ3n) is 0.763. The van der Waals surface area contributed by atoms with Crippen molar-refractivity contribution in [2.75, 3.05) is 0 Å². The van der Waals surface area contributed by atoms with E-state index in [1.54, 1.807) is 0 Å². The van der Waals surface area contributed by atoms with E-state index in [0.717, 1.165) is 0 Å². The van der Waals surface area contributed by atoms with E-state index >= 15 is 0 Å². The zero-order valence-corrected chi connectivity index (χ0v) is 4.68. The molecule has 2 nitrogen and oxygen atoms in total. The molecular formula is C6H9NO. The van der Waals surface area contributed by atoms with Gasteiger partial charge in [-0.2, -0.15) is 0 Å². The third-order valence-corrected chi connectivity index (χ3v) is 0.763. The number of nitrogens with one attached hydrogen (secondary N) is 1. The lowest BCUT2D eigenvalue weighted by atomic mass is 10.2. The molecule has 0 unspecified atom stereocenters. The molecule has 1 N–H and O–H groups in total. The Balaban J connectivity index is 3.24. The van der Waals surface area contributed by atoms with E-state index in [1.807, 2.05) is 0 Å². The van der Waals surface area contributed by atoms with Crippen molar-refractivity contribution in [1.29, 1.82) is 5.41 Å². The lowest BCUT2D eigenvalue weighted by molar-refractivity contribution is -0.114. The van der Waals surface area contributed by atoms with Crippen molar-refractivity contribution >= 4 is 12.0 Å². The summed E-state index contributed by atoms with van der Waals surface area (Å²) in [4.78, 5) is 10.3. The van der Waals surface area contributed by atoms with Crippen LogP contribution in [0.3, 0.4) is 0 Å². The molecule has 0 aromatic heterocycles. The molecule has 0 aromatic carbocycles. The maximum absolute atomic E-state index is 10.3. The Morgan fingerprint density at radius 3 is 2.75 bits per heavy atom. The molecular weight excluding hydrogens is 102 g/mol. The second-order valence-electron chi connectivity index (χ2n) is 1.41. The summed E-state index contributed by atoms with van der Waals surface area (Å²) in [6.45, 7) is 3.29. The normalized spacial score (nSPS) is 8.00. The quantitative estimate of drug-likeness (QED) is 0.429. The molecule has 0 amide bonds. The molecule has 0 aromatic rings. The minimum atomic E-state index is 0.00787. The number of hydrogen-bond donors (Lipinski definition) is 1. The highest BCUT2D eigenvalue weighted by atomic mass is 16.1. The van der Waals surface area contributed by atoms with E-state index in [4.69, 9.17) is 5.41 Å². The van der Waals surface area contributed by atoms with Crippen LogP contribution < -0.4 is 0 Å². The van der Waals surface area contributed by atoms with Crippen LogP contribution in [-0.4, -0.2) is 12.0 Å². The Labute approximate surface area is 48.7 Å². The first-order valence-corrected chi connectivity index (χ1v) is 2.45. The van der Waals surface area contributed by atoms with Crippen LogP contribution in [0.5, 0.6) is 0 Å². The first kappa shape index (κ1) is 7.08. The fraction of sp³-hybridized carbons (Fsp3) is 0.333. The molecule has 0 aliphatic heterocycles. The lowest BCUT2D eigenvalue weighted by Gasteiger charge is -1.84. The molecule has 0 spiro atoms. The second kappa shape index (κ2) is 4.24. The highest BCUT2D eigenvalue weighted by molar-refractivity contribution is 5.90. The molecule has 8 heavy (non-hydrogen) atoms. The van der Waals surface area contributed by atoms with Gasteiger partial charge in [0.1, 0.15) is 0 Å². The highest BCUT2D eigenvalue weighted by Gasteiger charge is 1.89. The molecule has 2 heteroatoms. The topological polar surface area (TPSA) is 40.9 Å². The van der Waals surface area contributed by atoms with Gasteiger partial charge in [0.05, 0.1) is 0 Å². The highest BCUT2D eigenvalue weighted by Crippen LogP contribution is 1.86. The molecule has 0 saturated carbocycles. The van der Waals surface area contributed by atoms with E-state index in [2.05, 4.69) is 6.58 Å². The minimum absolute atomic E-state index is 0.00787. The summed E-state index contributed by atoms with van der Waals surface area (Å²) in [5.74, 6) is 0.00787. The summed E-state index contributed by atoms with van der Waals surface area (Å²) in [5.41, 5.74) is 0. The van der Waals surface area contributed by atoms with Gasteiger partial charge < -0.3 is 5.41 Å². The summed E-state index contributed by atoms with van der Waals surface area (Å²) in [6, 6.07) is 0. The monoisotopic (exact) mass is 111 g/mol. The number of rotatable bonds is 4. The molecule has 0 aliphatic rings. The van der Waals surface area contributed by atoms with Crippen molar-refractivity contribution in [3.8, 4) is 0 Å². The molecule has 0 bridgehead atoms. The van der Waals surface area contributed by atoms with E-state index in [9.17, 15) is 4.79 Å². The first-order valence-electron chi connectivity index (χ1n) is 2.45. The van der Waals surface area contributed by atoms with E-state index in [1.165, 1.54) is 12.3 Å². The van der Waals surface area contributed by atoms with Crippen LogP contribution >= 0.6 is 0 Å². The minimum Gasteiger partial charge on any atom is -0.313 e. The van der Waals surface area contributed by atoms with Crippen molar-refractivity contribution in [3.63, 3.8) is 0 Å². The van der Waals surface area contributed by atoms with E-state index in [-0.39, 0.29) is 5.78 Å². The summed E-state index contributed by atoms with van der Waals surface area (Å²) in [6.07, 6.45) is 3.46. The Morgan fingerprint density at radius 1 is 1.75 bits per heavy atom. The van der Waals surface area contributed by atoms with E-state index in [0.29, 0.717) is 12.8 Å². The number of ketones is 1. The average Bonchev–Trinajstić information content (AvgIpc) is 1.83. The van der Waals surface area contributed by atoms with Crippen molar-refractivity contribution in [3.05, 3.63) is 12.7 Å².